The molecule has 0 saturated carbocycles. The van der Waals surface area contributed by atoms with Gasteiger partial charge in [-0.05, 0) is 85.5 Å². The molecule has 0 aliphatic heterocycles. The molecule has 1 heteroatoms. The molecule has 0 heterocycles. The van der Waals surface area contributed by atoms with E-state index in [0.717, 1.165) is 6.42 Å². The van der Waals surface area contributed by atoms with Gasteiger partial charge in [-0.3, -0.25) is 0 Å². The van der Waals surface area contributed by atoms with Crippen molar-refractivity contribution in [1.29, 1.82) is 0 Å². The molecule has 0 spiro atoms. The predicted octanol–water partition coefficient (Wildman–Crippen LogP) is 10.2. The van der Waals surface area contributed by atoms with Crippen LogP contribution in [-0.4, -0.2) is 3.92 Å². The number of allylic oxidation sites excluding steroid dienone is 3. The number of rotatable bonds is 4. The third-order valence-electron chi connectivity index (χ3n) is 7.28. The molecule has 174 valence electrons. The number of fused-ring (bicyclic) bond motifs is 3. The number of hydrogen-bond donors (Lipinski definition) is 0. The fourth-order valence-corrected chi connectivity index (χ4v) is 6.26. The van der Waals surface area contributed by atoms with Gasteiger partial charge in [0.1, 0.15) is 0 Å². The van der Waals surface area contributed by atoms with Crippen LogP contribution in [0.15, 0.2) is 110 Å². The van der Waals surface area contributed by atoms with E-state index in [9.17, 15) is 0 Å². The minimum Gasteiger partial charge on any atom is -0.0991 e. The highest BCUT2D eigenvalue weighted by atomic mass is 127. The molecule has 5 aromatic carbocycles. The van der Waals surface area contributed by atoms with E-state index in [1.54, 1.807) is 0 Å². The summed E-state index contributed by atoms with van der Waals surface area (Å²) in [5, 5.41) is 5.11. The van der Waals surface area contributed by atoms with Crippen LogP contribution < -0.4 is 0 Å². The zero-order chi connectivity index (χ0) is 24.6. The predicted molar refractivity (Wildman–Crippen MR) is 167 cm³/mol. The third kappa shape index (κ3) is 4.02. The van der Waals surface area contributed by atoms with Crippen molar-refractivity contribution in [3.05, 3.63) is 132 Å². The standard InChI is InChI=1S/C35H27I/c1-3-4-11-31-23(2)34(27-16-14-24-9-5-6-10-26(24)20-27)32-12-7-8-13-33(32)35(31)28-17-15-25-18-19-30(36)22-29(25)21-28/h3-21,30H,1,22H2,2H3/b11-4-/t30-/m1/s1. The normalized spacial score (nSPS) is 15.0. The second-order valence-electron chi connectivity index (χ2n) is 9.48. The van der Waals surface area contributed by atoms with Crippen LogP contribution in [0.2, 0.25) is 0 Å². The molecular formula is C35H27I. The number of benzene rings is 5. The highest BCUT2D eigenvalue weighted by Crippen LogP contribution is 2.43. The van der Waals surface area contributed by atoms with Gasteiger partial charge in [-0.15, -0.1) is 0 Å². The molecule has 36 heavy (non-hydrogen) atoms. The van der Waals surface area contributed by atoms with Crippen LogP contribution in [0.25, 0.3) is 56.0 Å². The van der Waals surface area contributed by atoms with Crippen LogP contribution in [0, 0.1) is 6.92 Å². The summed E-state index contributed by atoms with van der Waals surface area (Å²) >= 11 is 2.53. The summed E-state index contributed by atoms with van der Waals surface area (Å²) in [7, 11) is 0. The monoisotopic (exact) mass is 574 g/mol. The minimum absolute atomic E-state index is 0.541. The van der Waals surface area contributed by atoms with Gasteiger partial charge in [0, 0.05) is 3.92 Å². The molecule has 1 aliphatic carbocycles. The zero-order valence-corrected chi connectivity index (χ0v) is 22.5. The maximum absolute atomic E-state index is 3.96. The van der Waals surface area contributed by atoms with Gasteiger partial charge in [0.25, 0.3) is 0 Å². The highest BCUT2D eigenvalue weighted by Gasteiger charge is 2.19. The van der Waals surface area contributed by atoms with Crippen molar-refractivity contribution >= 4 is 56.3 Å². The molecule has 0 unspecified atom stereocenters. The number of alkyl halides is 1. The topological polar surface area (TPSA) is 0 Å². The first kappa shape index (κ1) is 23.0. The summed E-state index contributed by atoms with van der Waals surface area (Å²) in [5.41, 5.74) is 10.4. The fourth-order valence-electron chi connectivity index (χ4n) is 5.58. The Hall–Kier alpha value is -3.43. The SMILES string of the molecule is C=C/C=C\c1c(C)c(-c2ccc3ccccc3c2)c2ccccc2c1-c1ccc2c(c1)C[C@H](I)C=C2. The molecule has 0 radical (unpaired) electrons. The van der Waals surface area contributed by atoms with Crippen molar-refractivity contribution in [2.45, 2.75) is 17.3 Å². The molecule has 0 bridgehead atoms. The Morgan fingerprint density at radius 3 is 2.31 bits per heavy atom. The second kappa shape index (κ2) is 9.55. The summed E-state index contributed by atoms with van der Waals surface area (Å²) < 4.78 is 0.541. The molecule has 5 aromatic rings. The first-order valence-corrected chi connectivity index (χ1v) is 13.7. The molecule has 0 fully saturated rings. The van der Waals surface area contributed by atoms with Crippen LogP contribution in [0.3, 0.4) is 0 Å². The quantitative estimate of drug-likeness (QED) is 0.114. The maximum atomic E-state index is 3.96. The first-order valence-electron chi connectivity index (χ1n) is 12.4. The van der Waals surface area contributed by atoms with Gasteiger partial charge in [0.05, 0.1) is 0 Å². The van der Waals surface area contributed by atoms with Crippen molar-refractivity contribution in [1.82, 2.24) is 0 Å². The largest absolute Gasteiger partial charge is 0.0991 e. The lowest BCUT2D eigenvalue weighted by molar-refractivity contribution is 1.03. The molecule has 0 saturated heterocycles. The Morgan fingerprint density at radius 1 is 0.806 bits per heavy atom. The number of halogens is 1. The van der Waals surface area contributed by atoms with Crippen molar-refractivity contribution in [2.24, 2.45) is 0 Å². The first-order chi connectivity index (χ1) is 17.6. The smallest absolute Gasteiger partial charge is 0.0333 e. The molecule has 0 aromatic heterocycles. The fraction of sp³-hybridized carbons (Fsp3) is 0.0857. The Balaban J connectivity index is 1.67. The molecule has 0 N–H and O–H groups in total. The Kier molecular flexibility index (Phi) is 6.10. The minimum atomic E-state index is 0.541. The summed E-state index contributed by atoms with van der Waals surface area (Å²) in [4.78, 5) is 0. The van der Waals surface area contributed by atoms with Gasteiger partial charge >= 0.3 is 0 Å². The molecule has 0 nitrogen and oxygen atoms in total. The van der Waals surface area contributed by atoms with E-state index >= 15 is 0 Å². The van der Waals surface area contributed by atoms with E-state index < -0.39 is 0 Å². The molecule has 1 aliphatic rings. The van der Waals surface area contributed by atoms with E-state index in [1.165, 1.54) is 66.1 Å². The molecule has 0 amide bonds. The van der Waals surface area contributed by atoms with E-state index in [4.69, 9.17) is 0 Å². The van der Waals surface area contributed by atoms with Gasteiger partial charge in [-0.1, -0.05) is 138 Å². The molecular weight excluding hydrogens is 547 g/mol. The highest BCUT2D eigenvalue weighted by molar-refractivity contribution is 14.1. The van der Waals surface area contributed by atoms with Crippen molar-refractivity contribution < 1.29 is 0 Å². The Morgan fingerprint density at radius 2 is 1.50 bits per heavy atom. The van der Waals surface area contributed by atoms with Gasteiger partial charge in [0.15, 0.2) is 0 Å². The lowest BCUT2D eigenvalue weighted by Crippen LogP contribution is -2.05. The summed E-state index contributed by atoms with van der Waals surface area (Å²) in [6, 6.07) is 31.3. The van der Waals surface area contributed by atoms with Gasteiger partial charge < -0.3 is 0 Å². The van der Waals surface area contributed by atoms with Crippen LogP contribution >= 0.6 is 22.6 Å². The van der Waals surface area contributed by atoms with Crippen LogP contribution in [0.1, 0.15) is 22.3 Å². The van der Waals surface area contributed by atoms with Crippen molar-refractivity contribution in [3.8, 4) is 22.3 Å². The summed E-state index contributed by atoms with van der Waals surface area (Å²) in [6.07, 6.45) is 11.8. The average molecular weight is 575 g/mol. The van der Waals surface area contributed by atoms with Crippen molar-refractivity contribution in [3.63, 3.8) is 0 Å². The van der Waals surface area contributed by atoms with Gasteiger partial charge in [-0.25, -0.2) is 0 Å². The summed E-state index contributed by atoms with van der Waals surface area (Å²) in [6.45, 7) is 6.22. The zero-order valence-electron chi connectivity index (χ0n) is 20.3. The number of hydrogen-bond acceptors (Lipinski definition) is 0. The lowest BCUT2D eigenvalue weighted by atomic mass is 9.82. The van der Waals surface area contributed by atoms with Crippen LogP contribution in [-0.2, 0) is 6.42 Å². The third-order valence-corrected chi connectivity index (χ3v) is 8.14. The van der Waals surface area contributed by atoms with Crippen LogP contribution in [0.4, 0.5) is 0 Å². The van der Waals surface area contributed by atoms with Gasteiger partial charge in [0.2, 0.25) is 0 Å². The van der Waals surface area contributed by atoms with E-state index in [2.05, 4.69) is 145 Å². The lowest BCUT2D eigenvalue weighted by Gasteiger charge is -2.22. The van der Waals surface area contributed by atoms with Gasteiger partial charge in [-0.2, -0.15) is 0 Å². The Labute approximate surface area is 226 Å². The molecule has 1 atom stereocenters. The second-order valence-corrected chi connectivity index (χ2v) is 11.1. The Bertz CT molecular complexity index is 1700. The molecule has 6 rings (SSSR count). The summed E-state index contributed by atoms with van der Waals surface area (Å²) in [5.74, 6) is 0. The maximum Gasteiger partial charge on any atom is 0.0333 e. The van der Waals surface area contributed by atoms with Crippen molar-refractivity contribution in [2.75, 3.05) is 0 Å². The van der Waals surface area contributed by atoms with Crippen LogP contribution in [0.5, 0.6) is 0 Å². The van der Waals surface area contributed by atoms with E-state index in [1.807, 2.05) is 6.08 Å². The van der Waals surface area contributed by atoms with E-state index in [-0.39, 0.29) is 0 Å². The average Bonchev–Trinajstić information content (AvgIpc) is 2.91. The van der Waals surface area contributed by atoms with E-state index in [0.29, 0.717) is 3.92 Å².